The van der Waals surface area contributed by atoms with Gasteiger partial charge in [-0.05, 0) is 19.8 Å². The summed E-state index contributed by atoms with van der Waals surface area (Å²) in [6.07, 6.45) is 3.89. The lowest BCUT2D eigenvalue weighted by atomic mass is 10.1. The molecule has 0 spiro atoms. The molecule has 12 heavy (non-hydrogen) atoms. The summed E-state index contributed by atoms with van der Waals surface area (Å²) in [7, 11) is 0. The van der Waals surface area contributed by atoms with Gasteiger partial charge in [-0.25, -0.2) is 0 Å². The van der Waals surface area contributed by atoms with Gasteiger partial charge in [-0.15, -0.1) is 0 Å². The number of aliphatic carboxylic acids is 1. The zero-order valence-corrected chi connectivity index (χ0v) is 9.07. The molecular formula is C8H16O2S2. The molecule has 72 valence electrons. The predicted octanol–water partition coefficient (Wildman–Crippen LogP) is 2.60. The van der Waals surface area contributed by atoms with Crippen LogP contribution < -0.4 is 0 Å². The van der Waals surface area contributed by atoms with Crippen LogP contribution >= 0.6 is 25.3 Å². The molecule has 2 nitrogen and oxygen atoms in total. The van der Waals surface area contributed by atoms with Gasteiger partial charge in [0.2, 0.25) is 0 Å². The zero-order valence-electron chi connectivity index (χ0n) is 7.29. The molecule has 0 aliphatic rings. The second-order valence-electron chi connectivity index (χ2n) is 3.17. The SMILES string of the molecule is CC(S)(S)CCCCCC(=O)O. The molecule has 0 saturated heterocycles. The van der Waals surface area contributed by atoms with Crippen molar-refractivity contribution in [1.29, 1.82) is 0 Å². The Kier molecular flexibility index (Phi) is 5.84. The summed E-state index contributed by atoms with van der Waals surface area (Å²) in [4.78, 5) is 10.1. The minimum absolute atomic E-state index is 0.219. The molecule has 0 aliphatic heterocycles. The van der Waals surface area contributed by atoms with Crippen molar-refractivity contribution < 1.29 is 9.90 Å². The van der Waals surface area contributed by atoms with E-state index in [4.69, 9.17) is 5.11 Å². The molecule has 0 saturated carbocycles. The number of hydrogen-bond acceptors (Lipinski definition) is 3. The van der Waals surface area contributed by atoms with E-state index >= 15 is 0 Å². The highest BCUT2D eigenvalue weighted by atomic mass is 32.2. The summed E-state index contributed by atoms with van der Waals surface area (Å²) < 4.78 is -0.219. The molecule has 0 aliphatic carbocycles. The Morgan fingerprint density at radius 2 is 1.92 bits per heavy atom. The van der Waals surface area contributed by atoms with Crippen molar-refractivity contribution in [3.8, 4) is 0 Å². The van der Waals surface area contributed by atoms with Crippen molar-refractivity contribution in [3.63, 3.8) is 0 Å². The summed E-state index contributed by atoms with van der Waals surface area (Å²) in [5.41, 5.74) is 0. The number of thiol groups is 2. The Labute approximate surface area is 84.6 Å². The number of carboxylic acid groups (broad SMARTS) is 1. The van der Waals surface area contributed by atoms with Gasteiger partial charge >= 0.3 is 5.97 Å². The third kappa shape index (κ3) is 10.2. The lowest BCUT2D eigenvalue weighted by Crippen LogP contribution is -2.05. The van der Waals surface area contributed by atoms with E-state index < -0.39 is 5.97 Å². The molecule has 0 unspecified atom stereocenters. The average Bonchev–Trinajstić information content (AvgIpc) is 1.83. The fraction of sp³-hybridized carbons (Fsp3) is 0.875. The molecule has 0 fully saturated rings. The van der Waals surface area contributed by atoms with Gasteiger partial charge in [0.05, 0.1) is 4.08 Å². The van der Waals surface area contributed by atoms with Crippen LogP contribution in [0.3, 0.4) is 0 Å². The van der Waals surface area contributed by atoms with Crippen molar-refractivity contribution in [2.75, 3.05) is 0 Å². The van der Waals surface area contributed by atoms with Gasteiger partial charge in [-0.3, -0.25) is 4.79 Å². The maximum atomic E-state index is 10.1. The van der Waals surface area contributed by atoms with Gasteiger partial charge in [-0.2, -0.15) is 25.3 Å². The molecular weight excluding hydrogens is 192 g/mol. The minimum atomic E-state index is -0.713. The topological polar surface area (TPSA) is 37.3 Å². The van der Waals surface area contributed by atoms with Gasteiger partial charge in [0.15, 0.2) is 0 Å². The lowest BCUT2D eigenvalue weighted by molar-refractivity contribution is -0.137. The predicted molar refractivity (Wildman–Crippen MR) is 57.1 cm³/mol. The van der Waals surface area contributed by atoms with Crippen LogP contribution in [0.4, 0.5) is 0 Å². The number of unbranched alkanes of at least 4 members (excludes halogenated alkanes) is 2. The molecule has 0 bridgehead atoms. The minimum Gasteiger partial charge on any atom is -0.481 e. The molecule has 0 atom stereocenters. The van der Waals surface area contributed by atoms with Crippen LogP contribution in [0.25, 0.3) is 0 Å². The first-order valence-corrected chi connectivity index (χ1v) is 4.98. The maximum absolute atomic E-state index is 10.1. The van der Waals surface area contributed by atoms with E-state index in [0.717, 1.165) is 25.7 Å². The van der Waals surface area contributed by atoms with Crippen LogP contribution in [0.15, 0.2) is 0 Å². The Morgan fingerprint density at radius 1 is 1.33 bits per heavy atom. The molecule has 0 amide bonds. The second-order valence-corrected chi connectivity index (χ2v) is 5.50. The molecule has 0 radical (unpaired) electrons. The van der Waals surface area contributed by atoms with Crippen LogP contribution in [-0.2, 0) is 4.79 Å². The Balaban J connectivity index is 3.17. The number of hydrogen-bond donors (Lipinski definition) is 3. The number of rotatable bonds is 6. The van der Waals surface area contributed by atoms with Crippen LogP contribution in [0.2, 0.25) is 0 Å². The standard InChI is InChI=1S/C8H16O2S2/c1-8(11,12)6-4-2-3-5-7(9)10/h11-12H,2-6H2,1H3,(H,9,10). The van der Waals surface area contributed by atoms with Crippen LogP contribution in [0.5, 0.6) is 0 Å². The van der Waals surface area contributed by atoms with Crippen molar-refractivity contribution in [3.05, 3.63) is 0 Å². The highest BCUT2D eigenvalue weighted by Crippen LogP contribution is 2.25. The maximum Gasteiger partial charge on any atom is 0.303 e. The Hall–Kier alpha value is 0.170. The molecule has 0 aromatic heterocycles. The fourth-order valence-electron chi connectivity index (χ4n) is 0.913. The molecule has 0 aromatic rings. The molecule has 4 heteroatoms. The lowest BCUT2D eigenvalue weighted by Gasteiger charge is -2.15. The number of carboxylic acids is 1. The summed E-state index contributed by atoms with van der Waals surface area (Å²) in [6.45, 7) is 1.94. The third-order valence-electron chi connectivity index (χ3n) is 1.54. The van der Waals surface area contributed by atoms with E-state index in [9.17, 15) is 4.79 Å². The molecule has 1 N–H and O–H groups in total. The molecule has 0 rings (SSSR count). The summed E-state index contributed by atoms with van der Waals surface area (Å²) >= 11 is 8.49. The van der Waals surface area contributed by atoms with Crippen molar-refractivity contribution in [1.82, 2.24) is 0 Å². The van der Waals surface area contributed by atoms with Crippen LogP contribution in [0.1, 0.15) is 39.0 Å². The summed E-state index contributed by atoms with van der Waals surface area (Å²) in [5.74, 6) is -0.713. The highest BCUT2D eigenvalue weighted by molar-refractivity contribution is 8.00. The van der Waals surface area contributed by atoms with Gasteiger partial charge in [0.25, 0.3) is 0 Å². The first-order valence-electron chi connectivity index (χ1n) is 4.08. The van der Waals surface area contributed by atoms with Gasteiger partial charge < -0.3 is 5.11 Å². The van der Waals surface area contributed by atoms with E-state index in [1.807, 2.05) is 6.92 Å². The normalized spacial score (nSPS) is 11.6. The van der Waals surface area contributed by atoms with Gasteiger partial charge in [-0.1, -0.05) is 12.8 Å². The third-order valence-corrected chi connectivity index (χ3v) is 1.99. The fourth-order valence-corrected chi connectivity index (χ4v) is 1.23. The van der Waals surface area contributed by atoms with Crippen LogP contribution in [0, 0.1) is 0 Å². The van der Waals surface area contributed by atoms with E-state index in [1.165, 1.54) is 0 Å². The van der Waals surface area contributed by atoms with E-state index in [2.05, 4.69) is 25.3 Å². The summed E-state index contributed by atoms with van der Waals surface area (Å²) in [6, 6.07) is 0. The van der Waals surface area contributed by atoms with Crippen molar-refractivity contribution in [2.45, 2.75) is 43.1 Å². The monoisotopic (exact) mass is 208 g/mol. The zero-order chi connectivity index (χ0) is 9.61. The molecule has 0 aromatic carbocycles. The summed E-state index contributed by atoms with van der Waals surface area (Å²) in [5, 5.41) is 8.34. The Morgan fingerprint density at radius 3 is 2.33 bits per heavy atom. The van der Waals surface area contributed by atoms with Gasteiger partial charge in [0, 0.05) is 6.42 Å². The first-order chi connectivity index (χ1) is 5.42. The van der Waals surface area contributed by atoms with Crippen molar-refractivity contribution in [2.24, 2.45) is 0 Å². The first kappa shape index (κ1) is 12.2. The quantitative estimate of drug-likeness (QED) is 0.356. The Bertz CT molecular complexity index is 140. The molecule has 0 heterocycles. The average molecular weight is 208 g/mol. The highest BCUT2D eigenvalue weighted by Gasteiger charge is 2.11. The van der Waals surface area contributed by atoms with Crippen LogP contribution in [-0.4, -0.2) is 15.2 Å². The van der Waals surface area contributed by atoms with E-state index in [0.29, 0.717) is 0 Å². The van der Waals surface area contributed by atoms with E-state index in [1.54, 1.807) is 0 Å². The van der Waals surface area contributed by atoms with Crippen molar-refractivity contribution >= 4 is 31.2 Å². The van der Waals surface area contributed by atoms with E-state index in [-0.39, 0.29) is 10.5 Å². The second kappa shape index (κ2) is 5.75. The van der Waals surface area contributed by atoms with Gasteiger partial charge in [0.1, 0.15) is 0 Å². The number of carbonyl (C=O) groups is 1. The largest absolute Gasteiger partial charge is 0.481 e. The smallest absolute Gasteiger partial charge is 0.303 e.